The molecule has 2 aromatic carbocycles. The highest BCUT2D eigenvalue weighted by Crippen LogP contribution is 2.33. The lowest BCUT2D eigenvalue weighted by atomic mass is 10.1. The average molecular weight is 376 g/mol. The molecule has 28 heavy (non-hydrogen) atoms. The zero-order valence-electron chi connectivity index (χ0n) is 15.4. The first-order valence-corrected chi connectivity index (χ1v) is 9.07. The summed E-state index contributed by atoms with van der Waals surface area (Å²) in [5.41, 5.74) is 2.36. The van der Waals surface area contributed by atoms with Gasteiger partial charge in [-0.1, -0.05) is 12.1 Å². The van der Waals surface area contributed by atoms with Gasteiger partial charge in [0.2, 0.25) is 5.91 Å². The van der Waals surface area contributed by atoms with Gasteiger partial charge in [0.15, 0.2) is 6.10 Å². The number of para-hydroxylation sites is 2. The van der Waals surface area contributed by atoms with Crippen molar-refractivity contribution in [2.24, 2.45) is 0 Å². The van der Waals surface area contributed by atoms with Crippen molar-refractivity contribution in [2.45, 2.75) is 19.4 Å². The largest absolute Gasteiger partial charge is 0.479 e. The second-order valence-corrected chi connectivity index (χ2v) is 6.53. The number of amides is 2. The third-order valence-corrected chi connectivity index (χ3v) is 4.59. The normalized spacial score (nSPS) is 15.7. The lowest BCUT2D eigenvalue weighted by Crippen LogP contribution is -2.45. The first-order chi connectivity index (χ1) is 13.6. The van der Waals surface area contributed by atoms with Crippen molar-refractivity contribution >= 4 is 23.2 Å². The lowest BCUT2D eigenvalue weighted by Gasteiger charge is -2.32. The zero-order valence-corrected chi connectivity index (χ0v) is 15.4. The number of rotatable bonds is 5. The van der Waals surface area contributed by atoms with E-state index in [1.807, 2.05) is 59.3 Å². The van der Waals surface area contributed by atoms with Crippen LogP contribution in [0.15, 0.2) is 67.3 Å². The molecule has 1 aromatic heterocycles. The van der Waals surface area contributed by atoms with Crippen LogP contribution in [-0.2, 0) is 9.59 Å². The summed E-state index contributed by atoms with van der Waals surface area (Å²) in [6.45, 7) is 2.01. The van der Waals surface area contributed by atoms with E-state index < -0.39 is 6.10 Å². The molecule has 2 amide bonds. The number of imidazole rings is 1. The molecule has 7 nitrogen and oxygen atoms in total. The summed E-state index contributed by atoms with van der Waals surface area (Å²) in [5.74, 6) is 0.362. The van der Waals surface area contributed by atoms with E-state index in [1.165, 1.54) is 0 Å². The van der Waals surface area contributed by atoms with E-state index in [9.17, 15) is 9.59 Å². The molecule has 1 aliphatic rings. The molecule has 1 unspecified atom stereocenters. The van der Waals surface area contributed by atoms with Gasteiger partial charge < -0.3 is 19.5 Å². The molecule has 0 spiro atoms. The van der Waals surface area contributed by atoms with Crippen LogP contribution in [0.3, 0.4) is 0 Å². The quantitative estimate of drug-likeness (QED) is 0.743. The number of fused-ring (bicyclic) bond motifs is 1. The minimum absolute atomic E-state index is 0.142. The monoisotopic (exact) mass is 376 g/mol. The van der Waals surface area contributed by atoms with Gasteiger partial charge in [-0.05, 0) is 43.3 Å². The van der Waals surface area contributed by atoms with Crippen molar-refractivity contribution in [3.05, 3.63) is 67.3 Å². The van der Waals surface area contributed by atoms with Crippen molar-refractivity contribution in [3.63, 3.8) is 0 Å². The number of nitrogens with one attached hydrogen (secondary N) is 1. The molecule has 0 bridgehead atoms. The molecular weight excluding hydrogens is 356 g/mol. The Labute approximate surface area is 162 Å². The minimum atomic E-state index is -0.561. The second-order valence-electron chi connectivity index (χ2n) is 6.53. The topological polar surface area (TPSA) is 76.5 Å². The summed E-state index contributed by atoms with van der Waals surface area (Å²) in [7, 11) is 0. The predicted molar refractivity (Wildman–Crippen MR) is 106 cm³/mol. The lowest BCUT2D eigenvalue weighted by molar-refractivity contribution is -0.125. The van der Waals surface area contributed by atoms with E-state index >= 15 is 0 Å². The van der Waals surface area contributed by atoms with Gasteiger partial charge >= 0.3 is 0 Å². The maximum absolute atomic E-state index is 12.5. The van der Waals surface area contributed by atoms with Crippen LogP contribution in [-0.4, -0.2) is 34.0 Å². The van der Waals surface area contributed by atoms with Gasteiger partial charge in [0.05, 0.1) is 12.0 Å². The molecule has 4 rings (SSSR count). The Balaban J connectivity index is 1.39. The van der Waals surface area contributed by atoms with E-state index in [0.29, 0.717) is 23.7 Å². The number of anilines is 2. The highest BCUT2D eigenvalue weighted by Gasteiger charge is 2.31. The fourth-order valence-electron chi connectivity index (χ4n) is 3.16. The molecule has 0 fully saturated rings. The number of hydrogen-bond acceptors (Lipinski definition) is 4. The van der Waals surface area contributed by atoms with E-state index in [4.69, 9.17) is 4.74 Å². The molecule has 1 N–H and O–H groups in total. The molecule has 0 radical (unpaired) electrons. The SMILES string of the molecule is CC1Oc2ccccc2N(CCC(=O)Nc2ccc(-n3ccnc3)cc2)C1=O. The maximum Gasteiger partial charge on any atom is 0.267 e. The minimum Gasteiger partial charge on any atom is -0.479 e. The molecule has 0 saturated heterocycles. The Morgan fingerprint density at radius 1 is 1.18 bits per heavy atom. The van der Waals surface area contributed by atoms with E-state index in [0.717, 1.165) is 5.69 Å². The van der Waals surface area contributed by atoms with Crippen LogP contribution in [0.4, 0.5) is 11.4 Å². The Bertz CT molecular complexity index is 983. The second kappa shape index (κ2) is 7.56. The zero-order chi connectivity index (χ0) is 19.5. The molecule has 0 saturated carbocycles. The molecule has 3 aromatic rings. The van der Waals surface area contributed by atoms with Gasteiger partial charge in [0, 0.05) is 36.7 Å². The molecule has 1 aliphatic heterocycles. The summed E-state index contributed by atoms with van der Waals surface area (Å²) in [5, 5.41) is 2.87. The summed E-state index contributed by atoms with van der Waals surface area (Å²) in [6.07, 6.45) is 4.91. The molecule has 2 heterocycles. The number of ether oxygens (including phenoxy) is 1. The third-order valence-electron chi connectivity index (χ3n) is 4.59. The molecule has 1 atom stereocenters. The fraction of sp³-hybridized carbons (Fsp3) is 0.190. The Hall–Kier alpha value is -3.61. The maximum atomic E-state index is 12.5. The van der Waals surface area contributed by atoms with Crippen LogP contribution in [0, 0.1) is 0 Å². The predicted octanol–water partition coefficient (Wildman–Crippen LogP) is 3.02. The van der Waals surface area contributed by atoms with E-state index in [-0.39, 0.29) is 18.2 Å². The summed E-state index contributed by atoms with van der Waals surface area (Å²) in [6, 6.07) is 14.8. The van der Waals surface area contributed by atoms with Crippen molar-refractivity contribution in [1.29, 1.82) is 0 Å². The van der Waals surface area contributed by atoms with Crippen LogP contribution >= 0.6 is 0 Å². The molecular formula is C21H20N4O3. The average Bonchev–Trinajstić information content (AvgIpc) is 3.24. The number of hydrogen-bond donors (Lipinski definition) is 1. The highest BCUT2D eigenvalue weighted by atomic mass is 16.5. The van der Waals surface area contributed by atoms with Gasteiger partial charge in [-0.3, -0.25) is 9.59 Å². The van der Waals surface area contributed by atoms with Crippen LogP contribution in [0.25, 0.3) is 5.69 Å². The van der Waals surface area contributed by atoms with Crippen LogP contribution < -0.4 is 15.0 Å². The number of carbonyl (C=O) groups is 2. The van der Waals surface area contributed by atoms with Crippen molar-refractivity contribution in [2.75, 3.05) is 16.8 Å². The van der Waals surface area contributed by atoms with Gasteiger partial charge in [-0.25, -0.2) is 4.98 Å². The standard InChI is InChI=1S/C21H20N4O3/c1-15-21(27)25(18-4-2-3-5-19(18)28-15)12-10-20(26)23-16-6-8-17(9-7-16)24-13-11-22-14-24/h2-9,11,13-15H,10,12H2,1H3,(H,23,26). The van der Waals surface area contributed by atoms with Gasteiger partial charge in [-0.2, -0.15) is 0 Å². The first kappa shape index (κ1) is 17.8. The summed E-state index contributed by atoms with van der Waals surface area (Å²) >= 11 is 0. The van der Waals surface area contributed by atoms with E-state index in [2.05, 4.69) is 10.3 Å². The van der Waals surface area contributed by atoms with Crippen molar-refractivity contribution in [3.8, 4) is 11.4 Å². The first-order valence-electron chi connectivity index (χ1n) is 9.07. The molecule has 142 valence electrons. The number of carbonyl (C=O) groups excluding carboxylic acids is 2. The summed E-state index contributed by atoms with van der Waals surface area (Å²) < 4.78 is 7.50. The number of nitrogens with zero attached hydrogens (tertiary/aromatic N) is 3. The number of benzene rings is 2. The molecule has 7 heteroatoms. The van der Waals surface area contributed by atoms with Gasteiger partial charge in [0.1, 0.15) is 5.75 Å². The Morgan fingerprint density at radius 3 is 2.71 bits per heavy atom. The number of aromatic nitrogens is 2. The van der Waals surface area contributed by atoms with Crippen LogP contribution in [0.5, 0.6) is 5.75 Å². The highest BCUT2D eigenvalue weighted by molar-refractivity contribution is 6.00. The third kappa shape index (κ3) is 3.59. The van der Waals surface area contributed by atoms with Crippen molar-refractivity contribution < 1.29 is 14.3 Å². The smallest absolute Gasteiger partial charge is 0.267 e. The Morgan fingerprint density at radius 2 is 1.96 bits per heavy atom. The summed E-state index contributed by atoms with van der Waals surface area (Å²) in [4.78, 5) is 30.5. The van der Waals surface area contributed by atoms with Crippen LogP contribution in [0.1, 0.15) is 13.3 Å². The van der Waals surface area contributed by atoms with Crippen LogP contribution in [0.2, 0.25) is 0 Å². The Kier molecular flexibility index (Phi) is 4.80. The van der Waals surface area contributed by atoms with Gasteiger partial charge in [-0.15, -0.1) is 0 Å². The fourth-order valence-corrected chi connectivity index (χ4v) is 3.16. The van der Waals surface area contributed by atoms with E-state index in [1.54, 1.807) is 24.3 Å². The van der Waals surface area contributed by atoms with Gasteiger partial charge in [0.25, 0.3) is 5.91 Å². The molecule has 0 aliphatic carbocycles. The van der Waals surface area contributed by atoms with Crippen molar-refractivity contribution in [1.82, 2.24) is 9.55 Å².